The van der Waals surface area contributed by atoms with Crippen LogP contribution in [-0.4, -0.2) is 80.6 Å². The number of imidazole rings is 1. The molecule has 5 rings (SSSR count). The minimum absolute atomic E-state index is 0.104. The van der Waals surface area contributed by atoms with Crippen molar-refractivity contribution in [3.05, 3.63) is 67.0 Å². The van der Waals surface area contributed by atoms with Crippen LogP contribution in [0.15, 0.2) is 67.0 Å². The Morgan fingerprint density at radius 3 is 2.02 bits per heavy atom. The molecule has 1 amide bonds. The lowest BCUT2D eigenvalue weighted by molar-refractivity contribution is -0.123. The Bertz CT molecular complexity index is 1840. The lowest BCUT2D eigenvalue weighted by atomic mass is 9.94. The van der Waals surface area contributed by atoms with E-state index in [-0.39, 0.29) is 34.5 Å². The Labute approximate surface area is 317 Å². The van der Waals surface area contributed by atoms with Crippen LogP contribution in [0.5, 0.6) is 0 Å². The Morgan fingerprint density at radius 2 is 1.55 bits per heavy atom. The number of nitrogens with one attached hydrogen (secondary N) is 1. The number of nitrogens with zero attached hydrogens (tertiary/aromatic N) is 5. The molecule has 0 saturated carbocycles. The zero-order valence-electron chi connectivity index (χ0n) is 33.8. The summed E-state index contributed by atoms with van der Waals surface area (Å²) in [7, 11) is -1.92. The fourth-order valence-electron chi connectivity index (χ4n) is 6.89. The van der Waals surface area contributed by atoms with E-state index in [0.29, 0.717) is 23.4 Å². The lowest BCUT2D eigenvalue weighted by Gasteiger charge is -2.47. The number of alkyl halides is 1. The molecule has 4 aromatic rings. The van der Waals surface area contributed by atoms with Gasteiger partial charge in [-0.15, -0.1) is 0 Å². The summed E-state index contributed by atoms with van der Waals surface area (Å²) in [6.45, 7) is 23.2. The molecular weight excluding hydrogens is 704 g/mol. The topological polar surface area (TPSA) is 104 Å². The molecule has 1 fully saturated rings. The number of hydrogen-bond acceptors (Lipinski definition) is 8. The number of carbonyl (C=O) groups is 1. The van der Waals surface area contributed by atoms with Crippen LogP contribution in [0.3, 0.4) is 0 Å². The third kappa shape index (κ3) is 7.60. The Morgan fingerprint density at radius 1 is 0.981 bits per heavy atom. The Hall–Kier alpha value is -3.50. The van der Waals surface area contributed by atoms with E-state index < -0.39 is 40.7 Å². The first-order valence-corrected chi connectivity index (χ1v) is 23.5. The molecule has 0 bridgehead atoms. The number of carbonyl (C=O) groups excluding carboxylic acids is 1. The van der Waals surface area contributed by atoms with Gasteiger partial charge in [-0.3, -0.25) is 14.7 Å². The second-order valence-electron chi connectivity index (χ2n) is 17.4. The average Bonchev–Trinajstić information content (AvgIpc) is 3.62. The number of fused-ring (bicyclic) bond motifs is 1. The van der Waals surface area contributed by atoms with Crippen molar-refractivity contribution in [3.63, 3.8) is 0 Å². The quantitative estimate of drug-likeness (QED) is 0.148. The highest BCUT2D eigenvalue weighted by atomic mass is 28.4. The molecule has 1 aliphatic rings. The van der Waals surface area contributed by atoms with Crippen molar-refractivity contribution in [2.45, 2.75) is 116 Å². The maximum absolute atomic E-state index is 17.7. The van der Waals surface area contributed by atoms with Gasteiger partial charge >= 0.3 is 0 Å². The predicted octanol–water partition coefficient (Wildman–Crippen LogP) is 7.47. The molecule has 4 atom stereocenters. The first kappa shape index (κ1) is 40.7. The second kappa shape index (κ2) is 15.0. The summed E-state index contributed by atoms with van der Waals surface area (Å²) in [5.41, 5.74) is -0.357. The minimum atomic E-state index is -3.04. The molecule has 1 N–H and O–H groups in total. The number of anilines is 2. The maximum atomic E-state index is 17.7. The van der Waals surface area contributed by atoms with Gasteiger partial charge in [0.15, 0.2) is 37.7 Å². The van der Waals surface area contributed by atoms with Crippen LogP contribution < -0.4 is 20.6 Å². The molecule has 3 heterocycles. The van der Waals surface area contributed by atoms with E-state index >= 15 is 4.39 Å². The number of amides is 1. The third-order valence-electron chi connectivity index (χ3n) is 11.1. The molecule has 10 nitrogen and oxygen atoms in total. The van der Waals surface area contributed by atoms with Gasteiger partial charge in [0.05, 0.1) is 12.9 Å². The van der Waals surface area contributed by atoms with Crippen molar-refractivity contribution in [2.24, 2.45) is 5.92 Å². The van der Waals surface area contributed by atoms with E-state index in [4.69, 9.17) is 18.6 Å². The van der Waals surface area contributed by atoms with E-state index in [9.17, 15) is 4.79 Å². The van der Waals surface area contributed by atoms with Crippen LogP contribution in [-0.2, 0) is 18.4 Å². The van der Waals surface area contributed by atoms with Crippen LogP contribution in [0.1, 0.15) is 75.0 Å². The van der Waals surface area contributed by atoms with Gasteiger partial charge in [-0.05, 0) is 40.0 Å². The number of hydrogen-bond donors (Lipinski definition) is 1. The number of rotatable bonds is 12. The molecule has 53 heavy (non-hydrogen) atoms. The Balaban J connectivity index is 1.67. The van der Waals surface area contributed by atoms with Crippen LogP contribution in [0.2, 0.25) is 23.2 Å². The van der Waals surface area contributed by atoms with E-state index in [0.717, 1.165) is 10.4 Å². The number of halogens is 1. The monoisotopic (exact) mass is 762 g/mol. The normalized spacial score (nSPS) is 21.4. The third-order valence-corrected chi connectivity index (χ3v) is 20.5. The van der Waals surface area contributed by atoms with E-state index in [2.05, 4.69) is 118 Å². The van der Waals surface area contributed by atoms with Crippen LogP contribution in [0.25, 0.3) is 11.2 Å². The zero-order chi connectivity index (χ0) is 39.1. The summed E-state index contributed by atoms with van der Waals surface area (Å²) in [6, 6.07) is 20.9. The molecular formula is C40H59FN6O4Si2. The van der Waals surface area contributed by atoms with Crippen LogP contribution >= 0.6 is 0 Å². The first-order valence-electron chi connectivity index (χ1n) is 18.7. The molecule has 0 radical (unpaired) electrons. The molecule has 288 valence electrons. The van der Waals surface area contributed by atoms with Crippen molar-refractivity contribution in [1.82, 2.24) is 19.5 Å². The summed E-state index contributed by atoms with van der Waals surface area (Å²) in [5.74, 6) is 0.0891. The van der Waals surface area contributed by atoms with Crippen molar-refractivity contribution >= 4 is 55.8 Å². The fourth-order valence-corrected chi connectivity index (χ4v) is 12.8. The van der Waals surface area contributed by atoms with E-state index in [1.54, 1.807) is 29.6 Å². The first-order chi connectivity index (χ1) is 24.7. The Kier molecular flexibility index (Phi) is 11.5. The van der Waals surface area contributed by atoms with Gasteiger partial charge in [-0.2, -0.15) is 9.97 Å². The highest BCUT2D eigenvalue weighted by Gasteiger charge is 2.61. The highest BCUT2D eigenvalue weighted by Crippen LogP contribution is 2.49. The highest BCUT2D eigenvalue weighted by molar-refractivity contribution is 6.99. The van der Waals surface area contributed by atoms with Gasteiger partial charge in [0.2, 0.25) is 11.9 Å². The van der Waals surface area contributed by atoms with Gasteiger partial charge in [0, 0.05) is 20.0 Å². The summed E-state index contributed by atoms with van der Waals surface area (Å²) < 4.78 is 40.9. The van der Waals surface area contributed by atoms with Gasteiger partial charge < -0.3 is 18.5 Å². The maximum Gasteiger partial charge on any atom is 0.261 e. The van der Waals surface area contributed by atoms with Gasteiger partial charge in [0.25, 0.3) is 8.32 Å². The smallest absolute Gasteiger partial charge is 0.261 e. The number of ether oxygens (including phenoxy) is 1. The largest absolute Gasteiger partial charge is 0.408 e. The SMILES string of the molecule is CC[C@]1(CO[Si](c2ccccc2)(c2ccccc2)C(C)(C)C)O[C@@H](n2cnc3c(N(C)C)nc(NC(=O)C(C)C)nc32)[C@H](F)[C@@H]1O[Si](C)(C)C(C)(C)C. The fraction of sp³-hybridized carbons (Fsp3) is 0.550. The van der Waals surface area contributed by atoms with Crippen molar-refractivity contribution in [1.29, 1.82) is 0 Å². The summed E-state index contributed by atoms with van der Waals surface area (Å²) in [6.07, 6.45) is -1.71. The molecule has 0 unspecified atom stereocenters. The van der Waals surface area contributed by atoms with E-state index in [1.807, 2.05) is 33.2 Å². The molecule has 0 spiro atoms. The van der Waals surface area contributed by atoms with Gasteiger partial charge in [-0.1, -0.05) is 123 Å². The van der Waals surface area contributed by atoms with Crippen LogP contribution in [0.4, 0.5) is 16.2 Å². The van der Waals surface area contributed by atoms with Gasteiger partial charge in [-0.25, -0.2) is 9.37 Å². The van der Waals surface area contributed by atoms with Crippen molar-refractivity contribution in [3.8, 4) is 0 Å². The summed E-state index contributed by atoms with van der Waals surface area (Å²) in [4.78, 5) is 28.5. The number of aromatic nitrogens is 4. The van der Waals surface area contributed by atoms with Gasteiger partial charge in [0.1, 0.15) is 11.7 Å². The molecule has 1 saturated heterocycles. The van der Waals surface area contributed by atoms with Crippen molar-refractivity contribution in [2.75, 3.05) is 30.9 Å². The summed E-state index contributed by atoms with van der Waals surface area (Å²) >= 11 is 0. The number of benzene rings is 2. The summed E-state index contributed by atoms with van der Waals surface area (Å²) in [5, 5.41) is 4.58. The van der Waals surface area contributed by atoms with E-state index in [1.165, 1.54) is 0 Å². The minimum Gasteiger partial charge on any atom is -0.408 e. The zero-order valence-corrected chi connectivity index (χ0v) is 35.8. The molecule has 1 aliphatic heterocycles. The molecule has 2 aromatic carbocycles. The predicted molar refractivity (Wildman–Crippen MR) is 217 cm³/mol. The molecule has 13 heteroatoms. The molecule has 2 aromatic heterocycles. The standard InChI is InChI=1S/C40H59FN6O4Si2/c1-14-40(25-49-53(39(7,8)9,28-21-17-15-18-22-28)29-23-19-16-20-24-29)32(51-52(12,13)38(4,5)6)30(41)36(50-40)47-26-42-31-33(46(10)11)43-37(44-34(31)47)45-35(48)27(2)3/h15-24,26-27,30,32,36H,14,25H2,1-13H3,(H,43,44,45,48)/t30-,32+,36-,40-/m1/s1. The van der Waals surface area contributed by atoms with Crippen molar-refractivity contribution < 1.29 is 22.8 Å². The average molecular weight is 763 g/mol. The second-order valence-corrected chi connectivity index (χ2v) is 26.4. The lowest BCUT2D eigenvalue weighted by Crippen LogP contribution is -2.68. The molecule has 0 aliphatic carbocycles. The van der Waals surface area contributed by atoms with Crippen LogP contribution in [0, 0.1) is 5.92 Å².